The Morgan fingerprint density at radius 2 is 1.63 bits per heavy atom. The zero-order chi connectivity index (χ0) is 20.4. The van der Waals surface area contributed by atoms with Crippen molar-refractivity contribution in [1.82, 2.24) is 0 Å². The minimum Gasteiger partial charge on any atom is -0.354 e. The van der Waals surface area contributed by atoms with Crippen molar-refractivity contribution in [1.29, 1.82) is 0 Å². The van der Waals surface area contributed by atoms with Gasteiger partial charge in [-0.25, -0.2) is 0 Å². The van der Waals surface area contributed by atoms with Gasteiger partial charge in [0.25, 0.3) is 5.91 Å². The van der Waals surface area contributed by atoms with Gasteiger partial charge in [-0.3, -0.25) is 4.79 Å². The van der Waals surface area contributed by atoms with Gasteiger partial charge in [0, 0.05) is 27.7 Å². The fraction of sp³-hybridized carbons (Fsp3) is 0.174. The fourth-order valence-electron chi connectivity index (χ4n) is 3.58. The number of hydrogen-bond acceptors (Lipinski definition) is 3. The van der Waals surface area contributed by atoms with E-state index in [2.05, 4.69) is 0 Å². The number of fused-ring (bicyclic) bond motifs is 1. The van der Waals surface area contributed by atoms with E-state index in [1.165, 1.54) is 0 Å². The Morgan fingerprint density at radius 3 is 2.33 bits per heavy atom. The third-order valence-corrected chi connectivity index (χ3v) is 5.57. The van der Waals surface area contributed by atoms with E-state index in [9.17, 15) is 4.79 Å². The molecule has 0 spiro atoms. The predicted molar refractivity (Wildman–Crippen MR) is 124 cm³/mol. The van der Waals surface area contributed by atoms with E-state index in [1.807, 2.05) is 60.7 Å². The molecule has 1 heterocycles. The second-order valence-corrected chi connectivity index (χ2v) is 7.72. The van der Waals surface area contributed by atoms with Gasteiger partial charge in [-0.1, -0.05) is 71.7 Å². The lowest BCUT2D eigenvalue weighted by atomic mass is 9.99. The van der Waals surface area contributed by atoms with E-state index >= 15 is 0 Å². The summed E-state index contributed by atoms with van der Waals surface area (Å²) < 4.78 is 6.23. The van der Waals surface area contributed by atoms with E-state index in [-0.39, 0.29) is 24.9 Å². The summed E-state index contributed by atoms with van der Waals surface area (Å²) in [7, 11) is 0. The zero-order valence-corrected chi connectivity index (χ0v) is 18.3. The van der Waals surface area contributed by atoms with Gasteiger partial charge < -0.3 is 15.4 Å². The zero-order valence-electron chi connectivity index (χ0n) is 16.0. The molecule has 0 saturated carbocycles. The molecule has 4 rings (SSSR count). The molecule has 7 heteroatoms. The summed E-state index contributed by atoms with van der Waals surface area (Å²) in [5.74, 6) is -0.186. The lowest BCUT2D eigenvalue weighted by Gasteiger charge is -2.25. The lowest BCUT2D eigenvalue weighted by molar-refractivity contribution is -0.131. The lowest BCUT2D eigenvalue weighted by Crippen LogP contribution is -2.42. The largest absolute Gasteiger partial charge is 0.354 e. The van der Waals surface area contributed by atoms with Crippen molar-refractivity contribution in [3.63, 3.8) is 0 Å². The van der Waals surface area contributed by atoms with E-state index in [4.69, 9.17) is 33.7 Å². The van der Waals surface area contributed by atoms with Crippen molar-refractivity contribution in [2.24, 2.45) is 5.73 Å². The van der Waals surface area contributed by atoms with Crippen LogP contribution in [0.2, 0.25) is 10.0 Å². The molecule has 3 aromatic carbocycles. The van der Waals surface area contributed by atoms with E-state index in [0.717, 1.165) is 22.4 Å². The van der Waals surface area contributed by atoms with Crippen LogP contribution in [-0.4, -0.2) is 18.6 Å². The predicted octanol–water partition coefficient (Wildman–Crippen LogP) is 5.40. The van der Waals surface area contributed by atoms with E-state index in [0.29, 0.717) is 16.6 Å². The number of ether oxygens (including phenoxy) is 1. The first kappa shape index (κ1) is 22.6. The van der Waals surface area contributed by atoms with Crippen molar-refractivity contribution in [2.45, 2.75) is 18.8 Å². The second kappa shape index (κ2) is 9.82. The molecule has 30 heavy (non-hydrogen) atoms. The number of halogens is 3. The number of benzene rings is 3. The van der Waals surface area contributed by atoms with Crippen LogP contribution in [0.15, 0.2) is 72.8 Å². The van der Waals surface area contributed by atoms with Crippen molar-refractivity contribution in [2.75, 3.05) is 11.4 Å². The van der Waals surface area contributed by atoms with Crippen LogP contribution < -0.4 is 10.6 Å². The number of nitrogens with zero attached hydrogens (tertiary/aromatic N) is 1. The average molecular weight is 464 g/mol. The Bertz CT molecular complexity index is 1030. The molecule has 2 atom stereocenters. The quantitative estimate of drug-likeness (QED) is 0.564. The number of hydrogen-bond donors (Lipinski definition) is 1. The Balaban J connectivity index is 0.00000256. The van der Waals surface area contributed by atoms with Crippen molar-refractivity contribution >= 4 is 47.2 Å². The van der Waals surface area contributed by atoms with Gasteiger partial charge >= 0.3 is 0 Å². The molecule has 0 aliphatic carbocycles. The first-order valence-corrected chi connectivity index (χ1v) is 10.1. The molecule has 0 aromatic heterocycles. The average Bonchev–Trinajstić information content (AvgIpc) is 2.84. The Morgan fingerprint density at radius 1 is 0.933 bits per heavy atom. The minimum atomic E-state index is -0.800. The van der Waals surface area contributed by atoms with Crippen LogP contribution in [0.5, 0.6) is 0 Å². The van der Waals surface area contributed by atoms with Gasteiger partial charge in [0.1, 0.15) is 12.2 Å². The van der Waals surface area contributed by atoms with Crippen molar-refractivity contribution in [3.05, 3.63) is 99.5 Å². The molecule has 2 N–H and O–H groups in total. The van der Waals surface area contributed by atoms with Crippen LogP contribution in [0.1, 0.15) is 22.8 Å². The number of carbonyl (C=O) groups excluding carboxylic acids is 1. The molecule has 0 bridgehead atoms. The van der Waals surface area contributed by atoms with Gasteiger partial charge in [0.05, 0.1) is 12.2 Å². The summed E-state index contributed by atoms with van der Waals surface area (Å²) in [4.78, 5) is 15.1. The first-order valence-electron chi connectivity index (χ1n) is 9.33. The van der Waals surface area contributed by atoms with Crippen LogP contribution >= 0.6 is 35.6 Å². The molecular formula is C23H21Cl3N2O2. The molecular weight excluding hydrogens is 443 g/mol. The molecule has 0 unspecified atom stereocenters. The summed E-state index contributed by atoms with van der Waals surface area (Å²) in [6.45, 7) is 0.468. The summed E-state index contributed by atoms with van der Waals surface area (Å²) in [6, 6.07) is 22.7. The van der Waals surface area contributed by atoms with Crippen molar-refractivity contribution in [3.8, 4) is 0 Å². The van der Waals surface area contributed by atoms with Crippen LogP contribution in [-0.2, 0) is 16.1 Å². The normalized spacial score (nSPS) is 18.4. The highest BCUT2D eigenvalue weighted by molar-refractivity contribution is 6.31. The summed E-state index contributed by atoms with van der Waals surface area (Å²) in [5, 5.41) is 1.12. The molecule has 0 fully saturated rings. The first-order chi connectivity index (χ1) is 14.1. The molecule has 4 nitrogen and oxygen atoms in total. The smallest absolute Gasteiger partial charge is 0.257 e. The maximum atomic E-state index is 13.3. The highest BCUT2D eigenvalue weighted by Gasteiger charge is 2.36. The van der Waals surface area contributed by atoms with Gasteiger partial charge in [0.15, 0.2) is 0 Å². The van der Waals surface area contributed by atoms with E-state index in [1.54, 1.807) is 17.0 Å². The highest BCUT2D eigenvalue weighted by Crippen LogP contribution is 2.41. The Hall–Kier alpha value is -2.08. The monoisotopic (exact) mass is 462 g/mol. The Kier molecular flexibility index (Phi) is 7.40. The molecule has 3 aromatic rings. The molecule has 0 saturated heterocycles. The molecule has 1 aliphatic rings. The molecule has 1 aliphatic heterocycles. The number of nitrogens with two attached hydrogens (primary N) is 1. The highest BCUT2D eigenvalue weighted by atomic mass is 35.5. The van der Waals surface area contributed by atoms with E-state index < -0.39 is 12.2 Å². The third-order valence-electron chi connectivity index (χ3n) is 4.99. The summed E-state index contributed by atoms with van der Waals surface area (Å²) in [6.07, 6.45) is -1.36. The maximum absolute atomic E-state index is 13.3. The standard InChI is InChI=1S/C23H20Cl2N2O2.ClH/c24-16-10-11-20-18(12-16)22(17-8-4-5-9-19(17)25)29-21(13-26)23(28)27(20)14-15-6-2-1-3-7-15;/h1-12,21-22H,13-14,26H2;1H/t21-,22-;/m1./s1. The van der Waals surface area contributed by atoms with Gasteiger partial charge in [-0.05, 0) is 29.8 Å². The molecule has 1 amide bonds. The van der Waals surface area contributed by atoms with Gasteiger partial charge in [-0.2, -0.15) is 0 Å². The number of carbonyl (C=O) groups is 1. The molecule has 0 radical (unpaired) electrons. The second-order valence-electron chi connectivity index (χ2n) is 6.88. The van der Waals surface area contributed by atoms with Crippen LogP contribution in [0, 0.1) is 0 Å². The number of rotatable bonds is 4. The summed E-state index contributed by atoms with van der Waals surface area (Å²) in [5.41, 5.74) is 9.23. The number of amides is 1. The Labute approximate surface area is 191 Å². The van der Waals surface area contributed by atoms with Crippen LogP contribution in [0.25, 0.3) is 0 Å². The molecule has 156 valence electrons. The van der Waals surface area contributed by atoms with Gasteiger partial charge in [0.2, 0.25) is 0 Å². The summed E-state index contributed by atoms with van der Waals surface area (Å²) >= 11 is 12.8. The SMILES string of the molecule is Cl.NC[C@H]1O[C@H](c2ccccc2Cl)c2cc(Cl)ccc2N(Cc2ccccc2)C1=O. The van der Waals surface area contributed by atoms with Crippen LogP contribution in [0.3, 0.4) is 0 Å². The fourth-order valence-corrected chi connectivity index (χ4v) is 4.00. The van der Waals surface area contributed by atoms with Gasteiger partial charge in [-0.15, -0.1) is 12.4 Å². The third kappa shape index (κ3) is 4.48. The topological polar surface area (TPSA) is 55.6 Å². The maximum Gasteiger partial charge on any atom is 0.257 e. The minimum absolute atomic E-state index is 0. The van der Waals surface area contributed by atoms with Crippen molar-refractivity contribution < 1.29 is 9.53 Å². The van der Waals surface area contributed by atoms with Crippen LogP contribution in [0.4, 0.5) is 5.69 Å². The number of anilines is 1.